The lowest BCUT2D eigenvalue weighted by Crippen LogP contribution is -2.50. The Bertz CT molecular complexity index is 1370. The van der Waals surface area contributed by atoms with E-state index < -0.39 is 15.6 Å². The smallest absolute Gasteiger partial charge is 0.414 e. The normalized spacial score (nSPS) is 21.3. The maximum atomic E-state index is 13.6. The summed E-state index contributed by atoms with van der Waals surface area (Å²) < 4.78 is 44.3. The third-order valence-electron chi connectivity index (χ3n) is 8.72. The van der Waals surface area contributed by atoms with Gasteiger partial charge in [0.15, 0.2) is 0 Å². The van der Waals surface area contributed by atoms with Crippen LogP contribution in [0.15, 0.2) is 47.4 Å². The van der Waals surface area contributed by atoms with E-state index >= 15 is 0 Å². The van der Waals surface area contributed by atoms with E-state index in [-0.39, 0.29) is 36.5 Å². The molecule has 4 aliphatic rings. The predicted molar refractivity (Wildman–Crippen MR) is 162 cm³/mol. The van der Waals surface area contributed by atoms with Crippen LogP contribution in [0.4, 0.5) is 10.5 Å². The molecule has 2 amide bonds. The van der Waals surface area contributed by atoms with Gasteiger partial charge in [0.25, 0.3) is 5.91 Å². The molecule has 3 aliphatic heterocycles. The molecule has 2 saturated heterocycles. The van der Waals surface area contributed by atoms with Crippen molar-refractivity contribution in [1.82, 2.24) is 9.21 Å². The number of likely N-dealkylation sites (tertiary alicyclic amines) is 1. The van der Waals surface area contributed by atoms with Crippen LogP contribution in [0, 0.1) is 0 Å². The lowest BCUT2D eigenvalue weighted by Gasteiger charge is -2.40. The summed E-state index contributed by atoms with van der Waals surface area (Å²) in [5, 5.41) is 0. The largest absolute Gasteiger partial charge is 0.496 e. The Hall–Kier alpha value is -3.09. The second-order valence-corrected chi connectivity index (χ2v) is 14.6. The predicted octanol–water partition coefficient (Wildman–Crippen LogP) is 3.65. The number of piperidine rings is 2. The first-order valence-corrected chi connectivity index (χ1v) is 16.8. The number of fused-ring (bicyclic) bond motifs is 1. The highest BCUT2D eigenvalue weighted by atomic mass is 32.2. The molecule has 1 aromatic rings. The van der Waals surface area contributed by atoms with Gasteiger partial charge in [-0.15, -0.1) is 0 Å². The fourth-order valence-electron chi connectivity index (χ4n) is 6.17. The number of carbonyl (C=O) groups is 2. The second-order valence-electron chi connectivity index (χ2n) is 12.5. The van der Waals surface area contributed by atoms with Crippen LogP contribution in [-0.2, 0) is 35.6 Å². The highest BCUT2D eigenvalue weighted by molar-refractivity contribution is 7.89. The molecule has 12 heteroatoms. The van der Waals surface area contributed by atoms with E-state index in [1.807, 2.05) is 43.0 Å². The van der Waals surface area contributed by atoms with E-state index in [1.54, 1.807) is 22.4 Å². The van der Waals surface area contributed by atoms with Crippen LogP contribution in [0.3, 0.4) is 0 Å². The van der Waals surface area contributed by atoms with Gasteiger partial charge in [0.05, 0.1) is 24.1 Å². The molecule has 0 atom stereocenters. The Morgan fingerprint density at radius 2 is 1.77 bits per heavy atom. The number of ether oxygens (including phenoxy) is 3. The van der Waals surface area contributed by atoms with E-state index in [2.05, 4.69) is 0 Å². The van der Waals surface area contributed by atoms with E-state index in [1.165, 1.54) is 0 Å². The molecule has 5 rings (SSSR count). The standard InChI is InChI=1S/C31H44N4O7S/c1-31(2,32)14-19-43(38,39)34-17-12-24(13-18-34)42-25-8-9-26(28(20-25)40-3)29(36)33-15-10-23(11-16-33)35-27-7-5-4-6-22(27)21-41-30(35)37/h4-7,20,23-24H,8-19,21,32H2,1-3H3. The fraction of sp³-hybridized carbons (Fsp3) is 0.613. The minimum absolute atomic E-state index is 0.0333. The number of para-hydroxylation sites is 1. The number of hydrogen-bond donors (Lipinski definition) is 1. The fourth-order valence-corrected chi connectivity index (χ4v) is 7.98. The number of anilines is 1. The quantitative estimate of drug-likeness (QED) is 0.445. The molecule has 0 spiro atoms. The van der Waals surface area contributed by atoms with E-state index in [0.717, 1.165) is 17.0 Å². The lowest BCUT2D eigenvalue weighted by molar-refractivity contribution is -0.128. The maximum absolute atomic E-state index is 13.6. The summed E-state index contributed by atoms with van der Waals surface area (Å²) in [5.41, 5.74) is 7.96. The van der Waals surface area contributed by atoms with Gasteiger partial charge in [-0.3, -0.25) is 9.69 Å². The third-order valence-corrected chi connectivity index (χ3v) is 10.6. The zero-order valence-corrected chi connectivity index (χ0v) is 26.2. The van der Waals surface area contributed by atoms with Gasteiger partial charge < -0.3 is 24.8 Å². The minimum atomic E-state index is -3.35. The number of carbonyl (C=O) groups excluding carboxylic acids is 2. The molecular weight excluding hydrogens is 572 g/mol. The number of nitrogens with two attached hydrogens (primary N) is 1. The molecule has 0 aromatic heterocycles. The first-order chi connectivity index (χ1) is 20.4. The van der Waals surface area contributed by atoms with E-state index in [9.17, 15) is 18.0 Å². The lowest BCUT2D eigenvalue weighted by atomic mass is 9.97. The molecule has 2 fully saturated rings. The van der Waals surface area contributed by atoms with Crippen LogP contribution in [-0.4, -0.2) is 86.3 Å². The third kappa shape index (κ3) is 7.35. The summed E-state index contributed by atoms with van der Waals surface area (Å²) in [6, 6.07) is 7.75. The molecule has 0 saturated carbocycles. The van der Waals surface area contributed by atoms with Crippen LogP contribution in [0.5, 0.6) is 0 Å². The molecule has 0 bridgehead atoms. The molecule has 1 aliphatic carbocycles. The van der Waals surface area contributed by atoms with Crippen LogP contribution >= 0.6 is 0 Å². The number of sulfonamides is 1. The average Bonchev–Trinajstić information content (AvgIpc) is 3.00. The van der Waals surface area contributed by atoms with Crippen LogP contribution in [0.2, 0.25) is 0 Å². The van der Waals surface area contributed by atoms with Crippen LogP contribution < -0.4 is 10.6 Å². The van der Waals surface area contributed by atoms with Crippen molar-refractivity contribution >= 4 is 27.7 Å². The number of benzene rings is 1. The summed E-state index contributed by atoms with van der Waals surface area (Å²) in [5.74, 6) is 1.25. The molecule has 11 nitrogen and oxygen atoms in total. The zero-order valence-electron chi connectivity index (χ0n) is 25.4. The first-order valence-electron chi connectivity index (χ1n) is 15.2. The first kappa shape index (κ1) is 31.3. The molecule has 2 N–H and O–H groups in total. The summed E-state index contributed by atoms with van der Waals surface area (Å²) in [7, 11) is -1.80. The van der Waals surface area contributed by atoms with Crippen molar-refractivity contribution in [1.29, 1.82) is 0 Å². The summed E-state index contributed by atoms with van der Waals surface area (Å²) in [6.45, 7) is 5.85. The van der Waals surface area contributed by atoms with Crippen molar-refractivity contribution in [3.05, 3.63) is 53.0 Å². The minimum Gasteiger partial charge on any atom is -0.496 e. The van der Waals surface area contributed by atoms with Crippen LogP contribution in [0.1, 0.15) is 64.4 Å². The molecule has 0 unspecified atom stereocenters. The molecule has 236 valence electrons. The molecule has 43 heavy (non-hydrogen) atoms. The van der Waals surface area contributed by atoms with Gasteiger partial charge in [0.1, 0.15) is 24.2 Å². The van der Waals surface area contributed by atoms with Crippen molar-refractivity contribution in [2.24, 2.45) is 5.73 Å². The summed E-state index contributed by atoms with van der Waals surface area (Å²) in [4.78, 5) is 29.8. The summed E-state index contributed by atoms with van der Waals surface area (Å²) in [6.07, 6.45) is 5.38. The zero-order chi connectivity index (χ0) is 30.8. The van der Waals surface area contributed by atoms with Gasteiger partial charge in [-0.05, 0) is 58.4 Å². The van der Waals surface area contributed by atoms with Crippen LogP contribution in [0.25, 0.3) is 0 Å². The highest BCUT2D eigenvalue weighted by Crippen LogP contribution is 2.34. The number of rotatable bonds is 9. The number of methoxy groups -OCH3 is 1. The van der Waals surface area contributed by atoms with Crippen molar-refractivity contribution in [2.75, 3.05) is 43.9 Å². The van der Waals surface area contributed by atoms with Gasteiger partial charge in [-0.1, -0.05) is 18.2 Å². The molecule has 1 aromatic carbocycles. The molecular formula is C31H44N4O7S. The Morgan fingerprint density at radius 3 is 2.44 bits per heavy atom. The number of allylic oxidation sites excluding steroid dienone is 2. The number of nitrogens with zero attached hydrogens (tertiary/aromatic N) is 3. The van der Waals surface area contributed by atoms with Gasteiger partial charge in [0, 0.05) is 55.8 Å². The Kier molecular flexibility index (Phi) is 9.38. The highest BCUT2D eigenvalue weighted by Gasteiger charge is 2.36. The SMILES string of the molecule is COC1=C(C(=O)N2CCC(N3C(=O)OCc4ccccc43)CC2)CCC(OC2CCN(S(=O)(=O)CCC(C)(C)N)CC2)=C1. The number of hydrogen-bond acceptors (Lipinski definition) is 8. The monoisotopic (exact) mass is 616 g/mol. The van der Waals surface area contributed by atoms with Gasteiger partial charge >= 0.3 is 6.09 Å². The topological polar surface area (TPSA) is 132 Å². The van der Waals surface area contributed by atoms with Gasteiger partial charge in [-0.2, -0.15) is 0 Å². The Labute approximate surface area is 254 Å². The van der Waals surface area contributed by atoms with Gasteiger partial charge in [0.2, 0.25) is 10.0 Å². The van der Waals surface area contributed by atoms with Crippen molar-refractivity contribution in [3.63, 3.8) is 0 Å². The Balaban J connectivity index is 1.15. The second kappa shape index (κ2) is 12.9. The Morgan fingerprint density at radius 1 is 1.07 bits per heavy atom. The van der Waals surface area contributed by atoms with E-state index in [4.69, 9.17) is 19.9 Å². The van der Waals surface area contributed by atoms with Crippen molar-refractivity contribution in [3.8, 4) is 0 Å². The van der Waals surface area contributed by atoms with Crippen molar-refractivity contribution < 1.29 is 32.2 Å². The van der Waals surface area contributed by atoms with E-state index in [0.29, 0.717) is 82.5 Å². The maximum Gasteiger partial charge on any atom is 0.414 e. The average molecular weight is 617 g/mol. The number of amides is 2. The summed E-state index contributed by atoms with van der Waals surface area (Å²) >= 11 is 0. The van der Waals surface area contributed by atoms with Crippen molar-refractivity contribution in [2.45, 2.75) is 83.1 Å². The molecule has 3 heterocycles. The number of cyclic esters (lactones) is 1. The molecule has 0 radical (unpaired) electrons. The van der Waals surface area contributed by atoms with Gasteiger partial charge in [-0.25, -0.2) is 17.5 Å².